The van der Waals surface area contributed by atoms with Crippen LogP contribution in [-0.4, -0.2) is 93.2 Å². The summed E-state index contributed by atoms with van der Waals surface area (Å²) >= 11 is 0.672. The zero-order chi connectivity index (χ0) is 36.2. The van der Waals surface area contributed by atoms with E-state index in [-0.39, 0.29) is 59.2 Å². The summed E-state index contributed by atoms with van der Waals surface area (Å²) in [7, 11) is -2.83. The van der Waals surface area contributed by atoms with Gasteiger partial charge in [0.15, 0.2) is 10.0 Å². The summed E-state index contributed by atoms with van der Waals surface area (Å²) < 4.78 is 65.2. The van der Waals surface area contributed by atoms with Crippen molar-refractivity contribution < 1.29 is 31.8 Å². The molecule has 1 aliphatic carbocycles. The second-order valence-electron chi connectivity index (χ2n) is 13.5. The molecule has 2 saturated heterocycles. The number of benzene rings is 2. The number of halogens is 2. The summed E-state index contributed by atoms with van der Waals surface area (Å²) in [6, 6.07) is 9.84. The largest absolute Gasteiger partial charge is 0.497 e. The van der Waals surface area contributed by atoms with Gasteiger partial charge in [0.25, 0.3) is 6.43 Å². The van der Waals surface area contributed by atoms with Gasteiger partial charge in [-0.2, -0.15) is 5.10 Å². The first-order valence-corrected chi connectivity index (χ1v) is 19.0. The van der Waals surface area contributed by atoms with E-state index in [9.17, 15) is 27.1 Å². The first-order chi connectivity index (χ1) is 24.4. The van der Waals surface area contributed by atoms with Crippen LogP contribution in [0.3, 0.4) is 0 Å². The molecule has 4 aromatic rings. The van der Waals surface area contributed by atoms with E-state index in [0.29, 0.717) is 65.2 Å². The lowest BCUT2D eigenvalue weighted by molar-refractivity contribution is -0.137. The molecule has 2 atom stereocenters. The standard InChI is InChI=1S/C34H38F2N8O5S2/c1-20(2)33(46)44-22-7-8-23(44)19-41(18-22)27-16-25(15-26-28(27)40-42(13-14-45)29(26)31-38-39-32(50-31)30(35)36)51(47,48)43(34(37-3)11-12-34)17-21-5-9-24(49-4)10-6-21/h5-6,9-10,15-16,20,22-23,30,45H,7-8,11-14,17-19H2,1-2,4H3. The number of carbonyl (C=O) groups excluding carboxylic acids is 1. The third kappa shape index (κ3) is 6.21. The average Bonchev–Trinajstić information content (AvgIpc) is 3.45. The summed E-state index contributed by atoms with van der Waals surface area (Å²) in [5.74, 6) is 0.514. The summed E-state index contributed by atoms with van der Waals surface area (Å²) in [4.78, 5) is 20.9. The Kier molecular flexibility index (Phi) is 9.23. The number of ether oxygens (including phenoxy) is 1. The number of aliphatic hydroxyl groups excluding tert-OH is 1. The number of methoxy groups -OCH3 is 1. The van der Waals surface area contributed by atoms with Crippen molar-refractivity contribution in [1.82, 2.24) is 29.2 Å². The van der Waals surface area contributed by atoms with Crippen molar-refractivity contribution in [2.45, 2.75) is 81.7 Å². The number of piperazine rings is 1. The Labute approximate surface area is 298 Å². The fourth-order valence-corrected chi connectivity index (χ4v) is 9.78. The lowest BCUT2D eigenvalue weighted by Crippen LogP contribution is -2.56. The molecule has 2 aliphatic heterocycles. The van der Waals surface area contributed by atoms with E-state index in [0.717, 1.165) is 12.8 Å². The van der Waals surface area contributed by atoms with E-state index < -0.39 is 27.1 Å². The van der Waals surface area contributed by atoms with Gasteiger partial charge < -0.3 is 19.6 Å². The van der Waals surface area contributed by atoms with Gasteiger partial charge in [0.05, 0.1) is 43.7 Å². The molecule has 270 valence electrons. The maximum absolute atomic E-state index is 14.9. The van der Waals surface area contributed by atoms with Crippen molar-refractivity contribution >= 4 is 43.9 Å². The molecule has 2 bridgehead atoms. The fourth-order valence-electron chi connectivity index (χ4n) is 7.25. The van der Waals surface area contributed by atoms with Crippen molar-refractivity contribution in [3.05, 3.63) is 58.4 Å². The lowest BCUT2D eigenvalue weighted by Gasteiger charge is -2.43. The monoisotopic (exact) mass is 740 g/mol. The zero-order valence-corrected chi connectivity index (χ0v) is 30.0. The van der Waals surface area contributed by atoms with Crippen LogP contribution in [0, 0.1) is 12.5 Å². The topological polar surface area (TPSA) is 138 Å². The quantitative estimate of drug-likeness (QED) is 0.201. The van der Waals surface area contributed by atoms with Crippen LogP contribution >= 0.6 is 11.3 Å². The fraction of sp³-hybridized carbons (Fsp3) is 0.500. The second-order valence-corrected chi connectivity index (χ2v) is 16.4. The molecule has 2 aromatic heterocycles. The van der Waals surface area contributed by atoms with Crippen molar-refractivity contribution in [1.29, 1.82) is 0 Å². The van der Waals surface area contributed by atoms with Gasteiger partial charge in [-0.05, 0) is 42.7 Å². The number of hydrogen-bond donors (Lipinski definition) is 1. The second kappa shape index (κ2) is 13.4. The summed E-state index contributed by atoms with van der Waals surface area (Å²) in [5.41, 5.74) is 0.565. The summed E-state index contributed by atoms with van der Waals surface area (Å²) in [5, 5.41) is 22.4. The molecule has 51 heavy (non-hydrogen) atoms. The van der Waals surface area contributed by atoms with Crippen LogP contribution in [0.15, 0.2) is 41.3 Å². The van der Waals surface area contributed by atoms with Gasteiger partial charge in [0.2, 0.25) is 15.9 Å². The van der Waals surface area contributed by atoms with Gasteiger partial charge in [-0.3, -0.25) is 14.3 Å². The van der Waals surface area contributed by atoms with Crippen LogP contribution in [0.25, 0.3) is 26.4 Å². The molecule has 0 radical (unpaired) electrons. The molecular formula is C34H38F2N8O5S2. The number of aliphatic hydroxyl groups is 1. The van der Waals surface area contributed by atoms with E-state index in [1.54, 1.807) is 30.3 Å². The Hall–Kier alpha value is -4.24. The van der Waals surface area contributed by atoms with E-state index >= 15 is 0 Å². The number of anilines is 1. The van der Waals surface area contributed by atoms with Crippen LogP contribution in [0.1, 0.15) is 56.5 Å². The molecule has 7 rings (SSSR count). The van der Waals surface area contributed by atoms with Crippen LogP contribution in [0.4, 0.5) is 14.5 Å². The molecule has 1 amide bonds. The van der Waals surface area contributed by atoms with Crippen molar-refractivity contribution in [3.8, 4) is 16.5 Å². The number of alkyl halides is 2. The number of carbonyl (C=O) groups is 1. The Bertz CT molecular complexity index is 2100. The van der Waals surface area contributed by atoms with E-state index in [2.05, 4.69) is 15.0 Å². The highest BCUT2D eigenvalue weighted by molar-refractivity contribution is 7.89. The molecule has 3 fully saturated rings. The maximum Gasteiger partial charge on any atom is 0.302 e. The highest BCUT2D eigenvalue weighted by Crippen LogP contribution is 2.48. The Balaban J connectivity index is 1.40. The molecule has 0 spiro atoms. The summed E-state index contributed by atoms with van der Waals surface area (Å²) in [6.07, 6.45) is -0.517. The number of amides is 1. The van der Waals surface area contributed by atoms with Crippen molar-refractivity contribution in [3.63, 3.8) is 0 Å². The number of rotatable bonds is 12. The zero-order valence-electron chi connectivity index (χ0n) is 28.4. The van der Waals surface area contributed by atoms with Crippen LogP contribution in [-0.2, 0) is 27.9 Å². The Morgan fingerprint density at radius 2 is 1.84 bits per heavy atom. The minimum Gasteiger partial charge on any atom is -0.497 e. The number of aromatic nitrogens is 4. The van der Waals surface area contributed by atoms with E-state index in [4.69, 9.17) is 16.4 Å². The SMILES string of the molecule is [C-]#[N+]C1(N(Cc2ccc(OC)cc2)S(=O)(=O)c2cc(N3CC4CCC(C3)N4C(=O)C(C)C)c3nn(CCO)c(-c4nnc(C(F)F)s4)c3c2)CC1. The molecule has 2 aromatic carbocycles. The maximum atomic E-state index is 14.9. The summed E-state index contributed by atoms with van der Waals surface area (Å²) in [6.45, 7) is 12.2. The van der Waals surface area contributed by atoms with Crippen LogP contribution in [0.2, 0.25) is 0 Å². The van der Waals surface area contributed by atoms with Gasteiger partial charge in [0, 0.05) is 43.0 Å². The van der Waals surface area contributed by atoms with Gasteiger partial charge in [-0.1, -0.05) is 37.3 Å². The van der Waals surface area contributed by atoms with E-state index in [1.165, 1.54) is 22.2 Å². The highest BCUT2D eigenvalue weighted by atomic mass is 32.2. The molecule has 1 N–H and O–H groups in total. The Morgan fingerprint density at radius 3 is 2.39 bits per heavy atom. The first kappa shape index (κ1) is 35.2. The number of sulfonamides is 1. The number of hydrogen-bond acceptors (Lipinski definition) is 10. The highest BCUT2D eigenvalue weighted by Gasteiger charge is 2.61. The lowest BCUT2D eigenvalue weighted by atomic mass is 10.1. The first-order valence-electron chi connectivity index (χ1n) is 16.8. The van der Waals surface area contributed by atoms with Crippen molar-refractivity contribution in [2.75, 3.05) is 31.7 Å². The average molecular weight is 741 g/mol. The molecule has 13 nitrogen and oxygen atoms in total. The number of fused-ring (bicyclic) bond motifs is 3. The van der Waals surface area contributed by atoms with Crippen LogP contribution < -0.4 is 9.64 Å². The molecule has 3 aliphatic rings. The smallest absolute Gasteiger partial charge is 0.302 e. The van der Waals surface area contributed by atoms with Gasteiger partial charge >= 0.3 is 5.66 Å². The third-order valence-electron chi connectivity index (χ3n) is 9.95. The molecule has 17 heteroatoms. The van der Waals surface area contributed by atoms with Gasteiger partial charge in [-0.15, -0.1) is 14.5 Å². The minimum absolute atomic E-state index is 0.0124. The van der Waals surface area contributed by atoms with Crippen molar-refractivity contribution in [2.24, 2.45) is 5.92 Å². The van der Waals surface area contributed by atoms with Gasteiger partial charge in [0.1, 0.15) is 17.0 Å². The predicted molar refractivity (Wildman–Crippen MR) is 186 cm³/mol. The molecule has 4 heterocycles. The number of nitrogens with zero attached hydrogens (tertiary/aromatic N) is 8. The predicted octanol–water partition coefficient (Wildman–Crippen LogP) is 4.93. The Morgan fingerprint density at radius 1 is 1.16 bits per heavy atom. The van der Waals surface area contributed by atoms with Crippen LogP contribution in [0.5, 0.6) is 5.75 Å². The van der Waals surface area contributed by atoms with Gasteiger partial charge in [-0.25, -0.2) is 23.8 Å². The minimum atomic E-state index is -4.37. The normalized spacial score (nSPS) is 19.8. The molecule has 2 unspecified atom stereocenters. The third-order valence-corrected chi connectivity index (χ3v) is 12.8. The van der Waals surface area contributed by atoms with E-state index in [1.807, 2.05) is 23.6 Å². The molecular weight excluding hydrogens is 703 g/mol. The molecule has 1 saturated carbocycles.